The first kappa shape index (κ1) is 39.7. The molecule has 0 unspecified atom stereocenters. The summed E-state index contributed by atoms with van der Waals surface area (Å²) in [6, 6.07) is 2.84. The smallest absolute Gasteiger partial charge is 0.337 e. The molecule has 0 bridgehead atoms. The van der Waals surface area contributed by atoms with E-state index in [1.54, 1.807) is 0 Å². The van der Waals surface area contributed by atoms with Crippen LogP contribution in [0.3, 0.4) is 0 Å². The van der Waals surface area contributed by atoms with Gasteiger partial charge in [0.2, 0.25) is 0 Å². The van der Waals surface area contributed by atoms with Crippen molar-refractivity contribution in [2.75, 3.05) is 52.9 Å². The van der Waals surface area contributed by atoms with E-state index in [0.29, 0.717) is 13.2 Å². The molecule has 0 fully saturated rings. The van der Waals surface area contributed by atoms with Crippen LogP contribution in [0.5, 0.6) is 0 Å². The van der Waals surface area contributed by atoms with Crippen molar-refractivity contribution < 1.29 is 68.1 Å². The molecule has 15 heteroatoms. The van der Waals surface area contributed by atoms with Crippen molar-refractivity contribution in [2.45, 2.75) is 17.7 Å². The Balaban J connectivity index is -0.000000210. The Bertz CT molecular complexity index is 710. The molecule has 0 aliphatic rings. The van der Waals surface area contributed by atoms with Crippen molar-refractivity contribution >= 4 is 22.1 Å². The highest BCUT2D eigenvalue weighted by molar-refractivity contribution is 7.86. The number of benzene rings is 1. The van der Waals surface area contributed by atoms with Gasteiger partial charge >= 0.3 is 11.9 Å². The molecule has 0 aliphatic heterocycles. The number of rotatable bonds is 11. The molecular formula is C20H36O14S. The van der Waals surface area contributed by atoms with E-state index in [1.165, 1.54) is 0 Å². The third kappa shape index (κ3) is 24.5. The summed E-state index contributed by atoms with van der Waals surface area (Å²) in [5.74, 6) is -3.29. The molecule has 14 nitrogen and oxygen atoms in total. The lowest BCUT2D eigenvalue weighted by atomic mass is 10.1. The molecule has 0 saturated carbocycles. The van der Waals surface area contributed by atoms with Crippen LogP contribution in [-0.4, -0.2) is 119 Å². The van der Waals surface area contributed by atoms with Crippen LogP contribution in [0, 0.1) is 0 Å². The molecule has 1 aromatic carbocycles. The number of aliphatic hydroxyl groups excluding tert-OH is 6. The van der Waals surface area contributed by atoms with Crippen molar-refractivity contribution in [3.63, 3.8) is 0 Å². The number of aliphatic hydroxyl groups is 6. The Kier molecular flexibility index (Phi) is 31.5. The summed E-state index contributed by atoms with van der Waals surface area (Å²) in [6.45, 7) is 6.84. The van der Waals surface area contributed by atoms with Gasteiger partial charge < -0.3 is 45.6 Å². The van der Waals surface area contributed by atoms with E-state index in [2.05, 4.69) is 17.9 Å². The van der Waals surface area contributed by atoms with Crippen molar-refractivity contribution in [3.8, 4) is 0 Å². The van der Waals surface area contributed by atoms with Gasteiger partial charge in [-0.05, 0) is 25.0 Å². The molecule has 1 aromatic rings. The Morgan fingerprint density at radius 2 is 1.06 bits per heavy atom. The normalized spacial score (nSPS) is 9.46. The van der Waals surface area contributed by atoms with Crippen molar-refractivity contribution in [1.82, 2.24) is 0 Å². The van der Waals surface area contributed by atoms with E-state index < -0.39 is 38.1 Å². The van der Waals surface area contributed by atoms with E-state index in [9.17, 15) is 18.0 Å². The molecule has 0 aromatic heterocycles. The summed E-state index contributed by atoms with van der Waals surface area (Å²) in [7, 11) is -4.92. The molecule has 0 aliphatic carbocycles. The molecule has 35 heavy (non-hydrogen) atoms. The maximum atomic E-state index is 10.9. The molecule has 1 rings (SSSR count). The first-order valence-electron chi connectivity index (χ1n) is 9.79. The number of carboxylic acid groups (broad SMARTS) is 2. The van der Waals surface area contributed by atoms with Crippen LogP contribution in [0.25, 0.3) is 0 Å². The second kappa shape index (κ2) is 27.8. The number of carboxylic acids is 2. The van der Waals surface area contributed by atoms with Crippen LogP contribution >= 0.6 is 0 Å². The van der Waals surface area contributed by atoms with Gasteiger partial charge in [0.15, 0.2) is 0 Å². The maximum Gasteiger partial charge on any atom is 0.337 e. The van der Waals surface area contributed by atoms with Crippen LogP contribution in [0.15, 0.2) is 36.3 Å². The quantitative estimate of drug-likeness (QED) is 0.0925. The van der Waals surface area contributed by atoms with Crippen LogP contribution in [0.1, 0.15) is 33.6 Å². The number of carbonyl (C=O) groups is 2. The zero-order chi connectivity index (χ0) is 28.3. The van der Waals surface area contributed by atoms with Crippen molar-refractivity contribution in [3.05, 3.63) is 42.5 Å². The summed E-state index contributed by atoms with van der Waals surface area (Å²) in [4.78, 5) is 20.2. The summed E-state index contributed by atoms with van der Waals surface area (Å²) in [6.07, 6.45) is 1.44. The molecule has 0 saturated heterocycles. The van der Waals surface area contributed by atoms with E-state index in [-0.39, 0.29) is 39.6 Å². The minimum atomic E-state index is -4.92. The maximum absolute atomic E-state index is 10.9. The number of hydrogen-bond donors (Lipinski definition) is 9. The van der Waals surface area contributed by atoms with Gasteiger partial charge in [-0.25, -0.2) is 9.59 Å². The predicted octanol–water partition coefficient (Wildman–Crippen LogP) is -1.16. The third-order valence-electron chi connectivity index (χ3n) is 2.87. The van der Waals surface area contributed by atoms with Gasteiger partial charge in [0.1, 0.15) is 4.90 Å². The Labute approximate surface area is 203 Å². The number of ether oxygens (including phenoxy) is 1. The number of hydrogen-bond acceptors (Lipinski definition) is 11. The molecular weight excluding hydrogens is 496 g/mol. The standard InChI is InChI=1S/C8H6O7S.C4H10O3.C4H10O2.C2H6O2.C2H4/c9-7(10)4-2-1-3-5(8(11)12)6(4)16(13,14)15;5-1-3-7-4-2-6;5-3-1-2-4-6;3-1-2-4;1-2/h1-3H,(H,9,10)(H,11,12)(H,13,14,15);5-6H,1-4H2;5-6H,1-4H2;3-4H,1-2H2;1-2H2. The highest BCUT2D eigenvalue weighted by Gasteiger charge is 2.26. The average Bonchev–Trinajstić information content (AvgIpc) is 2.84. The summed E-state index contributed by atoms with van der Waals surface area (Å²) >= 11 is 0. The zero-order valence-electron chi connectivity index (χ0n) is 19.2. The Morgan fingerprint density at radius 1 is 0.714 bits per heavy atom. The van der Waals surface area contributed by atoms with Gasteiger partial charge in [0.05, 0.1) is 50.8 Å². The molecule has 0 radical (unpaired) electrons. The fourth-order valence-corrected chi connectivity index (χ4v) is 2.47. The second-order valence-electron chi connectivity index (χ2n) is 5.43. The largest absolute Gasteiger partial charge is 0.478 e. The first-order chi connectivity index (χ1) is 16.5. The zero-order valence-corrected chi connectivity index (χ0v) is 20.0. The third-order valence-corrected chi connectivity index (χ3v) is 3.83. The van der Waals surface area contributed by atoms with Crippen LogP contribution < -0.4 is 0 Å². The molecule has 0 heterocycles. The molecule has 0 atom stereocenters. The number of unbranched alkanes of at least 4 members (excludes halogenated alkanes) is 1. The highest BCUT2D eigenvalue weighted by Crippen LogP contribution is 2.20. The average molecular weight is 533 g/mol. The Hall–Kier alpha value is -2.47. The summed E-state index contributed by atoms with van der Waals surface area (Å²) < 4.78 is 35.3. The van der Waals surface area contributed by atoms with Crippen molar-refractivity contribution in [1.29, 1.82) is 0 Å². The van der Waals surface area contributed by atoms with E-state index >= 15 is 0 Å². The van der Waals surface area contributed by atoms with Gasteiger partial charge in [-0.3, -0.25) is 4.55 Å². The lowest BCUT2D eigenvalue weighted by Gasteiger charge is -2.05. The van der Waals surface area contributed by atoms with Crippen molar-refractivity contribution in [2.24, 2.45) is 0 Å². The Morgan fingerprint density at radius 3 is 1.26 bits per heavy atom. The fraction of sp³-hybridized carbons (Fsp3) is 0.500. The SMILES string of the molecule is C=C.O=C(O)c1cccc(C(=O)O)c1S(=O)(=O)O.OCCCCO.OCCO.OCCOCCO. The van der Waals surface area contributed by atoms with Gasteiger partial charge in [-0.1, -0.05) is 6.07 Å². The second-order valence-corrected chi connectivity index (χ2v) is 6.79. The molecule has 206 valence electrons. The molecule has 9 N–H and O–H groups in total. The highest BCUT2D eigenvalue weighted by atomic mass is 32.2. The topological polar surface area (TPSA) is 260 Å². The van der Waals surface area contributed by atoms with Gasteiger partial charge in [0.25, 0.3) is 10.1 Å². The van der Waals surface area contributed by atoms with Crippen LogP contribution in [-0.2, 0) is 14.9 Å². The monoisotopic (exact) mass is 532 g/mol. The molecule has 0 spiro atoms. The fourth-order valence-electron chi connectivity index (χ4n) is 1.61. The molecule has 0 amide bonds. The van der Waals surface area contributed by atoms with Gasteiger partial charge in [-0.2, -0.15) is 8.42 Å². The van der Waals surface area contributed by atoms with E-state index in [4.69, 9.17) is 45.4 Å². The van der Waals surface area contributed by atoms with Gasteiger partial charge in [-0.15, -0.1) is 13.2 Å². The van der Waals surface area contributed by atoms with Crippen LogP contribution in [0.4, 0.5) is 0 Å². The minimum Gasteiger partial charge on any atom is -0.478 e. The minimum absolute atomic E-state index is 0.0278. The lowest BCUT2D eigenvalue weighted by Crippen LogP contribution is -2.14. The lowest BCUT2D eigenvalue weighted by molar-refractivity contribution is 0.0650. The first-order valence-corrected chi connectivity index (χ1v) is 11.2. The van der Waals surface area contributed by atoms with Crippen LogP contribution in [0.2, 0.25) is 0 Å². The summed E-state index contributed by atoms with van der Waals surface area (Å²) in [5, 5.41) is 64.9. The predicted molar refractivity (Wildman–Crippen MR) is 124 cm³/mol. The summed E-state index contributed by atoms with van der Waals surface area (Å²) in [5.41, 5.74) is -1.58. The van der Waals surface area contributed by atoms with E-state index in [1.807, 2.05) is 0 Å². The van der Waals surface area contributed by atoms with Gasteiger partial charge in [0, 0.05) is 13.2 Å². The van der Waals surface area contributed by atoms with E-state index in [0.717, 1.165) is 31.0 Å². The number of aromatic carboxylic acids is 2.